The predicted octanol–water partition coefficient (Wildman–Crippen LogP) is 1.90. The lowest BCUT2D eigenvalue weighted by Gasteiger charge is -2.17. The molecule has 0 unspecified atom stereocenters. The zero-order valence-electron chi connectivity index (χ0n) is 5.87. The number of halogens is 1. The molecule has 0 rings (SSSR count). The summed E-state index contributed by atoms with van der Waals surface area (Å²) < 4.78 is 2.81. The zero-order valence-corrected chi connectivity index (χ0v) is 8.03. The Bertz CT molecular complexity index is 128. The average molecular weight is 237 g/mol. The van der Waals surface area contributed by atoms with E-state index in [2.05, 4.69) is 23.7 Å². The quantitative estimate of drug-likeness (QED) is 0.576. The fourth-order valence-electron chi connectivity index (χ4n) is 0.521. The van der Waals surface area contributed by atoms with Crippen LogP contribution in [0.3, 0.4) is 0 Å². The second kappa shape index (κ2) is 4.13. The second-order valence-corrected chi connectivity index (χ2v) is 2.62. The number of rotatable bonds is 2. The van der Waals surface area contributed by atoms with Crippen LogP contribution in [0.4, 0.5) is 0 Å². The SMILES string of the molecule is CCC(N)(C#CI)CC. The van der Waals surface area contributed by atoms with E-state index >= 15 is 0 Å². The highest BCUT2D eigenvalue weighted by Crippen LogP contribution is 2.08. The van der Waals surface area contributed by atoms with Gasteiger partial charge in [-0.25, -0.2) is 0 Å². The van der Waals surface area contributed by atoms with Crippen molar-refractivity contribution < 1.29 is 0 Å². The molecule has 0 radical (unpaired) electrons. The molecule has 52 valence electrons. The first-order valence-electron chi connectivity index (χ1n) is 3.10. The van der Waals surface area contributed by atoms with E-state index in [1.807, 2.05) is 22.6 Å². The van der Waals surface area contributed by atoms with Gasteiger partial charge in [-0.15, -0.1) is 0 Å². The first-order valence-corrected chi connectivity index (χ1v) is 4.18. The van der Waals surface area contributed by atoms with Crippen molar-refractivity contribution in [3.63, 3.8) is 0 Å². The third kappa shape index (κ3) is 3.07. The maximum atomic E-state index is 5.83. The maximum Gasteiger partial charge on any atom is 0.0778 e. The fraction of sp³-hybridized carbons (Fsp3) is 0.714. The highest BCUT2D eigenvalue weighted by molar-refractivity contribution is 14.1. The van der Waals surface area contributed by atoms with E-state index in [0.717, 1.165) is 12.8 Å². The Hall–Kier alpha value is 0.250. The standard InChI is InChI=1S/C7H12IN/c1-3-7(9,4-2)5-6-8/h3-4,9H2,1-2H3. The van der Waals surface area contributed by atoms with E-state index in [-0.39, 0.29) is 5.54 Å². The van der Waals surface area contributed by atoms with Gasteiger partial charge >= 0.3 is 0 Å². The summed E-state index contributed by atoms with van der Waals surface area (Å²) in [6, 6.07) is 0. The van der Waals surface area contributed by atoms with Gasteiger partial charge in [-0.05, 0) is 16.8 Å². The molecule has 0 fully saturated rings. The smallest absolute Gasteiger partial charge is 0.0778 e. The lowest BCUT2D eigenvalue weighted by atomic mass is 9.96. The van der Waals surface area contributed by atoms with E-state index in [1.165, 1.54) is 0 Å². The Balaban J connectivity index is 4.03. The Labute approximate surface area is 70.5 Å². The summed E-state index contributed by atoms with van der Waals surface area (Å²) >= 11 is 2.02. The molecule has 0 saturated heterocycles. The van der Waals surface area contributed by atoms with Crippen LogP contribution in [0.2, 0.25) is 0 Å². The van der Waals surface area contributed by atoms with Gasteiger partial charge in [0.15, 0.2) is 0 Å². The van der Waals surface area contributed by atoms with Crippen molar-refractivity contribution in [2.24, 2.45) is 5.73 Å². The van der Waals surface area contributed by atoms with Crippen molar-refractivity contribution in [2.75, 3.05) is 0 Å². The Morgan fingerprint density at radius 2 is 1.89 bits per heavy atom. The van der Waals surface area contributed by atoms with Crippen molar-refractivity contribution in [3.05, 3.63) is 0 Å². The minimum atomic E-state index is -0.235. The molecule has 0 atom stereocenters. The molecule has 0 heterocycles. The summed E-state index contributed by atoms with van der Waals surface area (Å²) in [5.74, 6) is 2.97. The van der Waals surface area contributed by atoms with Crippen molar-refractivity contribution in [1.82, 2.24) is 0 Å². The molecular weight excluding hydrogens is 225 g/mol. The summed E-state index contributed by atoms with van der Waals surface area (Å²) in [6.07, 6.45) is 1.86. The van der Waals surface area contributed by atoms with Crippen LogP contribution in [0.25, 0.3) is 0 Å². The van der Waals surface area contributed by atoms with Gasteiger partial charge in [-0.1, -0.05) is 19.8 Å². The third-order valence-electron chi connectivity index (χ3n) is 1.56. The van der Waals surface area contributed by atoms with Crippen LogP contribution in [-0.2, 0) is 0 Å². The molecule has 0 aliphatic rings. The normalized spacial score (nSPS) is 10.2. The maximum absolute atomic E-state index is 5.83. The molecule has 2 N–H and O–H groups in total. The van der Waals surface area contributed by atoms with Crippen LogP contribution in [0.15, 0.2) is 0 Å². The number of hydrogen-bond acceptors (Lipinski definition) is 1. The fourth-order valence-corrected chi connectivity index (χ4v) is 1.06. The first-order chi connectivity index (χ1) is 4.18. The Morgan fingerprint density at radius 3 is 2.00 bits per heavy atom. The lowest BCUT2D eigenvalue weighted by molar-refractivity contribution is 0.513. The molecule has 0 aliphatic heterocycles. The van der Waals surface area contributed by atoms with Crippen molar-refractivity contribution in [3.8, 4) is 9.85 Å². The number of nitrogens with two attached hydrogens (primary N) is 1. The largest absolute Gasteiger partial charge is 0.315 e. The van der Waals surface area contributed by atoms with Gasteiger partial charge in [0.25, 0.3) is 0 Å². The van der Waals surface area contributed by atoms with Crippen molar-refractivity contribution >= 4 is 22.6 Å². The summed E-state index contributed by atoms with van der Waals surface area (Å²) in [5, 5.41) is 0. The zero-order chi connectivity index (χ0) is 7.33. The minimum absolute atomic E-state index is 0.235. The summed E-state index contributed by atoms with van der Waals surface area (Å²) in [7, 11) is 0. The van der Waals surface area contributed by atoms with Crippen LogP contribution < -0.4 is 5.73 Å². The van der Waals surface area contributed by atoms with E-state index in [4.69, 9.17) is 5.73 Å². The van der Waals surface area contributed by atoms with Crippen LogP contribution in [0, 0.1) is 9.85 Å². The van der Waals surface area contributed by atoms with Gasteiger partial charge in [0.05, 0.1) is 5.54 Å². The van der Waals surface area contributed by atoms with E-state index in [9.17, 15) is 0 Å². The highest BCUT2D eigenvalue weighted by atomic mass is 127. The third-order valence-corrected chi connectivity index (χ3v) is 1.83. The molecule has 0 aromatic rings. The Morgan fingerprint density at radius 1 is 1.44 bits per heavy atom. The van der Waals surface area contributed by atoms with Gasteiger partial charge in [0.2, 0.25) is 0 Å². The van der Waals surface area contributed by atoms with Gasteiger partial charge in [-0.2, -0.15) is 0 Å². The predicted molar refractivity (Wildman–Crippen MR) is 49.3 cm³/mol. The monoisotopic (exact) mass is 237 g/mol. The molecule has 1 nitrogen and oxygen atoms in total. The number of hydrogen-bond donors (Lipinski definition) is 1. The summed E-state index contributed by atoms with van der Waals surface area (Å²) in [5.41, 5.74) is 5.59. The lowest BCUT2D eigenvalue weighted by Crippen LogP contribution is -2.36. The molecule has 0 amide bonds. The van der Waals surface area contributed by atoms with Gasteiger partial charge < -0.3 is 5.73 Å². The van der Waals surface area contributed by atoms with Crippen molar-refractivity contribution in [1.29, 1.82) is 0 Å². The van der Waals surface area contributed by atoms with Crippen molar-refractivity contribution in [2.45, 2.75) is 32.2 Å². The average Bonchev–Trinajstić information content (AvgIpc) is 1.89. The molecule has 0 aromatic carbocycles. The van der Waals surface area contributed by atoms with Crippen LogP contribution in [0.5, 0.6) is 0 Å². The molecular formula is C7H12IN. The highest BCUT2D eigenvalue weighted by Gasteiger charge is 2.15. The molecule has 0 saturated carbocycles. The minimum Gasteiger partial charge on any atom is -0.315 e. The van der Waals surface area contributed by atoms with Gasteiger partial charge in [-0.3, -0.25) is 0 Å². The first kappa shape index (κ1) is 9.25. The summed E-state index contributed by atoms with van der Waals surface area (Å²) in [6.45, 7) is 4.12. The second-order valence-electron chi connectivity index (χ2n) is 2.08. The summed E-state index contributed by atoms with van der Waals surface area (Å²) in [4.78, 5) is 0. The van der Waals surface area contributed by atoms with Crippen LogP contribution in [-0.4, -0.2) is 5.54 Å². The van der Waals surface area contributed by atoms with E-state index in [0.29, 0.717) is 0 Å². The molecule has 0 spiro atoms. The molecule has 2 heteroatoms. The van der Waals surface area contributed by atoms with Gasteiger partial charge in [0, 0.05) is 22.6 Å². The molecule has 0 bridgehead atoms. The van der Waals surface area contributed by atoms with Crippen LogP contribution in [0.1, 0.15) is 26.7 Å². The topological polar surface area (TPSA) is 26.0 Å². The Kier molecular flexibility index (Phi) is 4.24. The molecule has 9 heavy (non-hydrogen) atoms. The molecule has 0 aliphatic carbocycles. The van der Waals surface area contributed by atoms with E-state index < -0.39 is 0 Å². The van der Waals surface area contributed by atoms with Crippen LogP contribution >= 0.6 is 22.6 Å². The van der Waals surface area contributed by atoms with E-state index in [1.54, 1.807) is 0 Å². The van der Waals surface area contributed by atoms with Gasteiger partial charge in [0.1, 0.15) is 0 Å². The molecule has 0 aromatic heterocycles.